The van der Waals surface area contributed by atoms with Crippen LogP contribution in [0.15, 0.2) is 18.2 Å². The third kappa shape index (κ3) is 5.05. The lowest BCUT2D eigenvalue weighted by Crippen LogP contribution is -2.32. The average molecular weight is 258 g/mol. The van der Waals surface area contributed by atoms with Gasteiger partial charge in [0.1, 0.15) is 5.82 Å². The van der Waals surface area contributed by atoms with E-state index in [4.69, 9.17) is 11.6 Å². The van der Waals surface area contributed by atoms with E-state index >= 15 is 0 Å². The Kier molecular flexibility index (Phi) is 4.96. The minimum absolute atomic E-state index is 0.264. The van der Waals surface area contributed by atoms with Crippen LogP contribution in [0.4, 0.5) is 4.39 Å². The van der Waals surface area contributed by atoms with Gasteiger partial charge in [-0.15, -0.1) is 0 Å². The maximum absolute atomic E-state index is 12.9. The van der Waals surface area contributed by atoms with Gasteiger partial charge in [-0.25, -0.2) is 4.39 Å². The second-order valence-corrected chi connectivity index (χ2v) is 6.10. The molecule has 17 heavy (non-hydrogen) atoms. The van der Waals surface area contributed by atoms with Crippen molar-refractivity contribution >= 4 is 11.6 Å². The molecule has 1 aromatic carbocycles. The molecule has 0 amide bonds. The van der Waals surface area contributed by atoms with Gasteiger partial charge in [-0.1, -0.05) is 38.4 Å². The highest BCUT2D eigenvalue weighted by atomic mass is 35.5. The highest BCUT2D eigenvalue weighted by Crippen LogP contribution is 2.25. The maximum Gasteiger partial charge on any atom is 0.124 e. The van der Waals surface area contributed by atoms with Gasteiger partial charge in [-0.3, -0.25) is 0 Å². The van der Waals surface area contributed by atoms with Gasteiger partial charge in [0, 0.05) is 11.1 Å². The lowest BCUT2D eigenvalue weighted by Gasteiger charge is -2.26. The summed E-state index contributed by atoms with van der Waals surface area (Å²) in [5.41, 5.74) is 1.26. The smallest absolute Gasteiger partial charge is 0.124 e. The first kappa shape index (κ1) is 14.5. The van der Waals surface area contributed by atoms with Gasteiger partial charge in [0.2, 0.25) is 0 Å². The van der Waals surface area contributed by atoms with Crippen molar-refractivity contribution in [3.05, 3.63) is 34.6 Å². The Morgan fingerprint density at radius 1 is 1.35 bits per heavy atom. The number of likely N-dealkylation sites (N-methyl/N-ethyl adjacent to an activating group) is 1. The fourth-order valence-electron chi connectivity index (χ4n) is 1.97. The molecule has 1 nitrogen and oxygen atoms in total. The van der Waals surface area contributed by atoms with E-state index in [1.807, 2.05) is 7.05 Å². The Hall–Kier alpha value is -0.600. The molecule has 0 bridgehead atoms. The van der Waals surface area contributed by atoms with E-state index < -0.39 is 0 Å². The largest absolute Gasteiger partial charge is 0.317 e. The quantitative estimate of drug-likeness (QED) is 0.858. The van der Waals surface area contributed by atoms with Gasteiger partial charge in [-0.2, -0.15) is 0 Å². The van der Waals surface area contributed by atoms with Crippen molar-refractivity contribution in [2.45, 2.75) is 39.7 Å². The van der Waals surface area contributed by atoms with E-state index in [0.29, 0.717) is 11.1 Å². The predicted octanol–water partition coefficient (Wildman–Crippen LogP) is 4.05. The van der Waals surface area contributed by atoms with Gasteiger partial charge in [-0.05, 0) is 43.0 Å². The first-order valence-electron chi connectivity index (χ1n) is 5.93. The Morgan fingerprint density at radius 3 is 2.47 bits per heavy atom. The number of nitrogens with one attached hydrogen (secondary N) is 1. The van der Waals surface area contributed by atoms with Crippen molar-refractivity contribution in [1.82, 2.24) is 5.32 Å². The Morgan fingerprint density at radius 2 is 2.00 bits per heavy atom. The number of hydrogen-bond acceptors (Lipinski definition) is 1. The highest BCUT2D eigenvalue weighted by Gasteiger charge is 2.18. The second-order valence-electron chi connectivity index (χ2n) is 5.69. The van der Waals surface area contributed by atoms with E-state index in [0.717, 1.165) is 18.4 Å². The first-order valence-corrected chi connectivity index (χ1v) is 6.31. The zero-order valence-electron chi connectivity index (χ0n) is 11.0. The fraction of sp³-hybridized carbons (Fsp3) is 0.571. The molecule has 0 saturated heterocycles. The summed E-state index contributed by atoms with van der Waals surface area (Å²) in [6, 6.07) is 4.97. The third-order valence-corrected chi connectivity index (χ3v) is 3.10. The molecule has 0 saturated carbocycles. The molecule has 0 spiro atoms. The minimum atomic E-state index is -0.282. The zero-order chi connectivity index (χ0) is 13.1. The summed E-state index contributed by atoms with van der Waals surface area (Å²) in [4.78, 5) is 0. The van der Waals surface area contributed by atoms with Crippen molar-refractivity contribution in [2.24, 2.45) is 5.41 Å². The van der Waals surface area contributed by atoms with E-state index in [1.165, 1.54) is 12.1 Å². The number of rotatable bonds is 4. The van der Waals surface area contributed by atoms with Crippen molar-refractivity contribution in [2.75, 3.05) is 7.05 Å². The van der Waals surface area contributed by atoms with Crippen LogP contribution in [0.2, 0.25) is 5.02 Å². The molecular weight excluding hydrogens is 237 g/mol. The van der Waals surface area contributed by atoms with Crippen LogP contribution in [0, 0.1) is 11.2 Å². The van der Waals surface area contributed by atoms with Gasteiger partial charge in [0.25, 0.3) is 0 Å². The maximum atomic E-state index is 12.9. The Balaban J connectivity index is 2.74. The van der Waals surface area contributed by atoms with Crippen LogP contribution in [-0.2, 0) is 6.42 Å². The van der Waals surface area contributed by atoms with Gasteiger partial charge < -0.3 is 5.32 Å². The normalized spacial score (nSPS) is 13.8. The topological polar surface area (TPSA) is 12.0 Å². The Bertz CT molecular complexity index is 371. The van der Waals surface area contributed by atoms with Gasteiger partial charge in [0.15, 0.2) is 0 Å². The molecule has 0 aliphatic rings. The van der Waals surface area contributed by atoms with Crippen molar-refractivity contribution in [1.29, 1.82) is 0 Å². The van der Waals surface area contributed by atoms with Crippen LogP contribution in [-0.4, -0.2) is 13.1 Å². The summed E-state index contributed by atoms with van der Waals surface area (Å²) < 4.78 is 12.9. The second kappa shape index (κ2) is 5.83. The van der Waals surface area contributed by atoms with Crippen LogP contribution in [0.25, 0.3) is 0 Å². The lowest BCUT2D eigenvalue weighted by molar-refractivity contribution is 0.316. The molecule has 0 aromatic heterocycles. The molecule has 96 valence electrons. The number of hydrogen-bond donors (Lipinski definition) is 1. The van der Waals surface area contributed by atoms with Crippen LogP contribution in [0.5, 0.6) is 0 Å². The molecule has 0 aliphatic carbocycles. The van der Waals surface area contributed by atoms with Crippen molar-refractivity contribution < 1.29 is 4.39 Å². The highest BCUT2D eigenvalue weighted by molar-refractivity contribution is 6.31. The van der Waals surface area contributed by atoms with Gasteiger partial charge >= 0.3 is 0 Å². The summed E-state index contributed by atoms with van der Waals surface area (Å²) in [5.74, 6) is -0.282. The fourth-order valence-corrected chi connectivity index (χ4v) is 2.21. The summed E-state index contributed by atoms with van der Waals surface area (Å²) in [7, 11) is 1.95. The molecule has 0 radical (unpaired) electrons. The average Bonchev–Trinajstić information content (AvgIpc) is 2.19. The molecule has 3 heteroatoms. The monoisotopic (exact) mass is 257 g/mol. The van der Waals surface area contributed by atoms with Crippen LogP contribution < -0.4 is 5.32 Å². The molecule has 0 fully saturated rings. The van der Waals surface area contributed by atoms with Crippen molar-refractivity contribution in [3.8, 4) is 0 Å². The van der Waals surface area contributed by atoms with E-state index in [-0.39, 0.29) is 11.2 Å². The molecule has 0 aliphatic heterocycles. The van der Waals surface area contributed by atoms with E-state index in [1.54, 1.807) is 6.07 Å². The Labute approximate surface area is 108 Å². The summed E-state index contributed by atoms with van der Waals surface area (Å²) in [6.07, 6.45) is 1.88. The third-order valence-electron chi connectivity index (χ3n) is 2.75. The lowest BCUT2D eigenvalue weighted by atomic mass is 9.86. The number of benzene rings is 1. The zero-order valence-corrected chi connectivity index (χ0v) is 11.7. The van der Waals surface area contributed by atoms with Crippen LogP contribution >= 0.6 is 11.6 Å². The standard InChI is InChI=1S/C14H21ClFN/c1-14(2,3)9-12(17-4)7-10-5-6-11(16)8-13(10)15/h5-6,8,12,17H,7,9H2,1-4H3. The summed E-state index contributed by atoms with van der Waals surface area (Å²) in [6.45, 7) is 6.64. The molecule has 1 rings (SSSR count). The van der Waals surface area contributed by atoms with E-state index in [9.17, 15) is 4.39 Å². The minimum Gasteiger partial charge on any atom is -0.317 e. The predicted molar refractivity (Wildman–Crippen MR) is 72.0 cm³/mol. The molecule has 1 atom stereocenters. The molecule has 1 N–H and O–H groups in total. The van der Waals surface area contributed by atoms with Crippen LogP contribution in [0.1, 0.15) is 32.8 Å². The number of halogens is 2. The van der Waals surface area contributed by atoms with Gasteiger partial charge in [0.05, 0.1) is 0 Å². The summed E-state index contributed by atoms with van der Waals surface area (Å²) in [5, 5.41) is 3.81. The molecular formula is C14H21ClFN. The molecule has 1 aromatic rings. The van der Waals surface area contributed by atoms with Crippen LogP contribution in [0.3, 0.4) is 0 Å². The summed E-state index contributed by atoms with van der Waals surface area (Å²) >= 11 is 6.03. The first-order chi connectivity index (χ1) is 7.81. The van der Waals surface area contributed by atoms with Crippen molar-refractivity contribution in [3.63, 3.8) is 0 Å². The van der Waals surface area contributed by atoms with E-state index in [2.05, 4.69) is 26.1 Å². The molecule has 0 heterocycles. The molecule has 1 unspecified atom stereocenters. The SMILES string of the molecule is CNC(Cc1ccc(F)cc1Cl)CC(C)(C)C.